The fourth-order valence-electron chi connectivity index (χ4n) is 2.30. The molecular weight excluding hydrogens is 380 g/mol. The van der Waals surface area contributed by atoms with Crippen LogP contribution >= 0.6 is 23.3 Å². The Morgan fingerprint density at radius 2 is 1.74 bits per heavy atom. The maximum atomic E-state index is 12.4. The van der Waals surface area contributed by atoms with E-state index in [4.69, 9.17) is 5.14 Å². The molecule has 4 N–H and O–H groups in total. The first kappa shape index (κ1) is 19.1. The summed E-state index contributed by atoms with van der Waals surface area (Å²) in [5, 5.41) is 13.0. The molecule has 1 heterocycles. The maximum Gasteiger partial charge on any atom is 0.275 e. The van der Waals surface area contributed by atoms with Gasteiger partial charge in [0.15, 0.2) is 5.13 Å². The molecule has 8 heteroatoms. The molecule has 1 aromatic heterocycles. The van der Waals surface area contributed by atoms with Gasteiger partial charge in [-0.25, -0.2) is 4.98 Å². The Kier molecular flexibility index (Phi) is 5.90. The van der Waals surface area contributed by atoms with E-state index in [2.05, 4.69) is 15.6 Å². The number of anilines is 2. The lowest BCUT2D eigenvalue weighted by Crippen LogP contribution is -2.14. The molecule has 0 saturated heterocycles. The summed E-state index contributed by atoms with van der Waals surface area (Å²) in [5.74, 6) is -0.613. The maximum absolute atomic E-state index is 12.4. The van der Waals surface area contributed by atoms with Crippen LogP contribution in [-0.2, 0) is 0 Å². The minimum absolute atomic E-state index is 0.253. The van der Waals surface area contributed by atoms with E-state index < -0.39 is 0 Å². The third kappa shape index (κ3) is 4.73. The highest BCUT2D eigenvalue weighted by molar-refractivity contribution is 7.97. The smallest absolute Gasteiger partial charge is 0.275 e. The van der Waals surface area contributed by atoms with Crippen LogP contribution in [0.2, 0.25) is 0 Å². The Morgan fingerprint density at radius 3 is 2.41 bits per heavy atom. The molecule has 0 spiro atoms. The Labute approximate surface area is 165 Å². The lowest BCUT2D eigenvalue weighted by molar-refractivity contribution is 0.101. The van der Waals surface area contributed by atoms with Gasteiger partial charge in [0.2, 0.25) is 0 Å². The summed E-state index contributed by atoms with van der Waals surface area (Å²) in [6.45, 7) is 4.00. The Balaban J connectivity index is 1.65. The van der Waals surface area contributed by atoms with Crippen molar-refractivity contribution in [2.75, 3.05) is 10.6 Å². The summed E-state index contributed by atoms with van der Waals surface area (Å²) in [7, 11) is 0. The van der Waals surface area contributed by atoms with Gasteiger partial charge in [-0.05, 0) is 73.3 Å². The van der Waals surface area contributed by atoms with Gasteiger partial charge >= 0.3 is 0 Å². The summed E-state index contributed by atoms with van der Waals surface area (Å²) in [5.41, 5.74) is 3.70. The van der Waals surface area contributed by atoms with Gasteiger partial charge in [-0.2, -0.15) is 0 Å². The zero-order valence-corrected chi connectivity index (χ0v) is 16.4. The number of benzene rings is 2. The first-order valence-electron chi connectivity index (χ1n) is 8.08. The second-order valence-electron chi connectivity index (χ2n) is 5.89. The number of hydrogen-bond donors (Lipinski definition) is 3. The molecule has 6 nitrogen and oxygen atoms in total. The van der Waals surface area contributed by atoms with Crippen LogP contribution in [0.15, 0.2) is 52.7 Å². The average molecular weight is 399 g/mol. The first-order chi connectivity index (χ1) is 13.0. The molecule has 0 unspecified atom stereocenters. The molecule has 2 aromatic carbocycles. The second-order valence-corrected chi connectivity index (χ2v) is 7.45. The molecule has 0 aliphatic rings. The molecule has 138 valence electrons. The number of amides is 2. The van der Waals surface area contributed by atoms with Crippen LogP contribution in [0.25, 0.3) is 0 Å². The van der Waals surface area contributed by atoms with Gasteiger partial charge in [-0.1, -0.05) is 6.07 Å². The number of carbonyl (C=O) groups is 2. The van der Waals surface area contributed by atoms with E-state index in [-0.39, 0.29) is 17.5 Å². The van der Waals surface area contributed by atoms with Crippen LogP contribution in [0.1, 0.15) is 32.0 Å². The van der Waals surface area contributed by atoms with Crippen molar-refractivity contribution in [1.82, 2.24) is 4.98 Å². The zero-order chi connectivity index (χ0) is 19.4. The van der Waals surface area contributed by atoms with Gasteiger partial charge in [0.25, 0.3) is 11.8 Å². The Morgan fingerprint density at radius 1 is 1.00 bits per heavy atom. The molecule has 0 atom stereocenters. The standard InChI is InChI=1S/C19H18N4O2S2/c1-11-3-6-14(9-12(11)2)21-18(25)16-10-26-19(22-16)23-17(24)13-4-7-15(27-20)8-5-13/h3-10H,20H2,1-2H3,(H,21,25)(H,22,23,24). The highest BCUT2D eigenvalue weighted by Gasteiger charge is 2.14. The number of hydrogen-bond acceptors (Lipinski definition) is 6. The number of aryl methyl sites for hydroxylation is 2. The molecule has 3 rings (SSSR count). The van der Waals surface area contributed by atoms with E-state index >= 15 is 0 Å². The van der Waals surface area contributed by atoms with Crippen LogP contribution < -0.4 is 15.8 Å². The van der Waals surface area contributed by atoms with Crippen molar-refractivity contribution in [2.24, 2.45) is 5.14 Å². The van der Waals surface area contributed by atoms with Crippen LogP contribution in [0.5, 0.6) is 0 Å². The SMILES string of the molecule is Cc1ccc(NC(=O)c2csc(NC(=O)c3ccc(SN)cc3)n2)cc1C. The largest absolute Gasteiger partial charge is 0.321 e. The van der Waals surface area contributed by atoms with Gasteiger partial charge in [0, 0.05) is 21.5 Å². The van der Waals surface area contributed by atoms with Crippen molar-refractivity contribution in [2.45, 2.75) is 18.7 Å². The summed E-state index contributed by atoms with van der Waals surface area (Å²) in [4.78, 5) is 29.7. The number of aromatic nitrogens is 1. The fourth-order valence-corrected chi connectivity index (χ4v) is 3.28. The Hall–Kier alpha value is -2.68. The van der Waals surface area contributed by atoms with Gasteiger partial charge < -0.3 is 5.32 Å². The third-order valence-electron chi connectivity index (χ3n) is 3.97. The highest BCUT2D eigenvalue weighted by atomic mass is 32.2. The lowest BCUT2D eigenvalue weighted by Gasteiger charge is -2.06. The minimum atomic E-state index is -0.320. The second kappa shape index (κ2) is 8.34. The number of carbonyl (C=O) groups excluding carboxylic acids is 2. The fraction of sp³-hybridized carbons (Fsp3) is 0.105. The molecule has 27 heavy (non-hydrogen) atoms. The highest BCUT2D eigenvalue weighted by Crippen LogP contribution is 2.20. The molecule has 3 aromatic rings. The molecule has 0 saturated carbocycles. The van der Waals surface area contributed by atoms with E-state index in [0.717, 1.165) is 28.0 Å². The topological polar surface area (TPSA) is 97.1 Å². The molecule has 0 aliphatic carbocycles. The van der Waals surface area contributed by atoms with E-state index in [1.165, 1.54) is 11.3 Å². The molecule has 0 radical (unpaired) electrons. The predicted molar refractivity (Wildman–Crippen MR) is 110 cm³/mol. The average Bonchev–Trinajstić information content (AvgIpc) is 3.13. The summed E-state index contributed by atoms with van der Waals surface area (Å²) >= 11 is 2.31. The number of nitrogens with two attached hydrogens (primary N) is 1. The van der Waals surface area contributed by atoms with Gasteiger partial charge in [-0.15, -0.1) is 11.3 Å². The number of rotatable bonds is 5. The molecule has 0 fully saturated rings. The minimum Gasteiger partial charge on any atom is -0.321 e. The molecule has 2 amide bonds. The number of nitrogens with one attached hydrogen (secondary N) is 2. The van der Waals surface area contributed by atoms with E-state index in [9.17, 15) is 9.59 Å². The number of nitrogens with zero attached hydrogens (tertiary/aromatic N) is 1. The van der Waals surface area contributed by atoms with E-state index in [1.54, 1.807) is 29.6 Å². The van der Waals surface area contributed by atoms with Crippen LogP contribution in [0, 0.1) is 13.8 Å². The normalized spacial score (nSPS) is 10.5. The molecular formula is C19H18N4O2S2. The summed E-state index contributed by atoms with van der Waals surface area (Å²) < 4.78 is 0. The monoisotopic (exact) mass is 398 g/mol. The van der Waals surface area contributed by atoms with Crippen LogP contribution in [-0.4, -0.2) is 16.8 Å². The summed E-state index contributed by atoms with van der Waals surface area (Å²) in [6, 6.07) is 12.6. The van der Waals surface area contributed by atoms with E-state index in [0.29, 0.717) is 16.4 Å². The first-order valence-corrected chi connectivity index (χ1v) is 9.84. The molecule has 0 bridgehead atoms. The quantitative estimate of drug-likeness (QED) is 0.559. The number of thiazole rings is 1. The van der Waals surface area contributed by atoms with Crippen molar-refractivity contribution >= 4 is 45.9 Å². The third-order valence-corrected chi connectivity index (χ3v) is 5.28. The zero-order valence-electron chi connectivity index (χ0n) is 14.8. The van der Waals surface area contributed by atoms with Crippen molar-refractivity contribution in [3.8, 4) is 0 Å². The van der Waals surface area contributed by atoms with E-state index in [1.807, 2.05) is 32.0 Å². The lowest BCUT2D eigenvalue weighted by atomic mass is 10.1. The van der Waals surface area contributed by atoms with Crippen molar-refractivity contribution in [3.05, 3.63) is 70.2 Å². The van der Waals surface area contributed by atoms with Crippen molar-refractivity contribution in [3.63, 3.8) is 0 Å². The van der Waals surface area contributed by atoms with Gasteiger partial charge in [0.05, 0.1) is 0 Å². The summed E-state index contributed by atoms with van der Waals surface area (Å²) in [6.07, 6.45) is 0. The van der Waals surface area contributed by atoms with Crippen LogP contribution in [0.4, 0.5) is 10.8 Å². The Bertz CT molecular complexity index is 984. The predicted octanol–water partition coefficient (Wildman–Crippen LogP) is 4.23. The molecule has 0 aliphatic heterocycles. The van der Waals surface area contributed by atoms with Crippen molar-refractivity contribution in [1.29, 1.82) is 0 Å². The van der Waals surface area contributed by atoms with Crippen molar-refractivity contribution < 1.29 is 9.59 Å². The van der Waals surface area contributed by atoms with Gasteiger partial charge in [-0.3, -0.25) is 20.0 Å². The van der Waals surface area contributed by atoms with Gasteiger partial charge in [0.1, 0.15) is 5.69 Å². The van der Waals surface area contributed by atoms with Crippen LogP contribution in [0.3, 0.4) is 0 Å².